The van der Waals surface area contributed by atoms with E-state index in [4.69, 9.17) is 14.2 Å². The van der Waals surface area contributed by atoms with E-state index < -0.39 is 5.60 Å². The van der Waals surface area contributed by atoms with Gasteiger partial charge in [-0.1, -0.05) is 0 Å². The van der Waals surface area contributed by atoms with Gasteiger partial charge in [-0.05, 0) is 36.2 Å². The third kappa shape index (κ3) is 2.81. The van der Waals surface area contributed by atoms with Crippen LogP contribution in [0.3, 0.4) is 0 Å². The zero-order valence-electron chi connectivity index (χ0n) is 14.1. The molecule has 24 heavy (non-hydrogen) atoms. The van der Waals surface area contributed by atoms with Crippen molar-refractivity contribution in [2.45, 2.75) is 18.9 Å². The molecule has 7 heteroatoms. The molecule has 6 nitrogen and oxygen atoms in total. The summed E-state index contributed by atoms with van der Waals surface area (Å²) in [5, 5.41) is 9.80. The Morgan fingerprint density at radius 3 is 2.62 bits per heavy atom. The highest BCUT2D eigenvalue weighted by Gasteiger charge is 2.39. The van der Waals surface area contributed by atoms with Gasteiger partial charge in [-0.15, -0.1) is 0 Å². The van der Waals surface area contributed by atoms with Gasteiger partial charge in [-0.2, -0.15) is 14.6 Å². The average Bonchev–Trinajstić information content (AvgIpc) is 3.11. The molecule has 2 heterocycles. The zero-order chi connectivity index (χ0) is 17.2. The normalized spacial score (nSPS) is 20.8. The first kappa shape index (κ1) is 16.6. The van der Waals surface area contributed by atoms with Crippen molar-refractivity contribution >= 4 is 17.1 Å². The van der Waals surface area contributed by atoms with E-state index in [1.165, 1.54) is 11.5 Å². The van der Waals surface area contributed by atoms with Crippen molar-refractivity contribution in [3.8, 4) is 11.1 Å². The second-order valence-electron chi connectivity index (χ2n) is 5.59. The predicted octanol–water partition coefficient (Wildman–Crippen LogP) is 3.30. The molecule has 0 radical (unpaired) electrons. The first-order chi connectivity index (χ1) is 11.6. The van der Waals surface area contributed by atoms with Gasteiger partial charge in [0.25, 0.3) is 0 Å². The smallest absolute Gasteiger partial charge is 0.169 e. The van der Waals surface area contributed by atoms with E-state index in [1.54, 1.807) is 33.7 Å². The molecule has 0 aliphatic heterocycles. The maximum Gasteiger partial charge on any atom is 0.169 e. The van der Waals surface area contributed by atoms with Gasteiger partial charge in [0.2, 0.25) is 0 Å². The minimum atomic E-state index is -0.610. The summed E-state index contributed by atoms with van der Waals surface area (Å²) in [5.74, 6) is 1.33. The summed E-state index contributed by atoms with van der Waals surface area (Å²) in [5.41, 5.74) is 3.33. The Morgan fingerprint density at radius 1 is 1.17 bits per heavy atom. The highest BCUT2D eigenvalue weighted by Crippen LogP contribution is 2.42. The molecule has 2 aromatic heterocycles. The van der Waals surface area contributed by atoms with E-state index in [1.807, 2.05) is 24.4 Å². The highest BCUT2D eigenvalue weighted by molar-refractivity contribution is 7.04. The van der Waals surface area contributed by atoms with Crippen LogP contribution in [0.4, 0.5) is 0 Å². The zero-order valence-corrected chi connectivity index (χ0v) is 14.9. The van der Waals surface area contributed by atoms with Gasteiger partial charge < -0.3 is 14.2 Å². The minimum absolute atomic E-state index is 0.610. The molecule has 0 bridgehead atoms. The number of hydrogen-bond acceptors (Lipinski definition) is 7. The Bertz CT molecular complexity index is 785. The number of ether oxygens (including phenoxy) is 3. The molecule has 0 amide bonds. The molecule has 126 valence electrons. The minimum Gasteiger partial charge on any atom is -0.494 e. The third-order valence-electron chi connectivity index (χ3n) is 4.18. The highest BCUT2D eigenvalue weighted by atomic mass is 32.1. The molecular weight excluding hydrogens is 326 g/mol. The summed E-state index contributed by atoms with van der Waals surface area (Å²) in [4.78, 5) is 0. The van der Waals surface area contributed by atoms with Crippen LogP contribution in [0, 0.1) is 0 Å². The van der Waals surface area contributed by atoms with Gasteiger partial charge in [0.15, 0.2) is 11.5 Å². The van der Waals surface area contributed by atoms with E-state index in [-0.39, 0.29) is 0 Å². The van der Waals surface area contributed by atoms with Crippen LogP contribution in [0.25, 0.3) is 16.7 Å². The van der Waals surface area contributed by atoms with Crippen LogP contribution >= 0.6 is 11.5 Å². The SMILES string of the molecule is COC1=C(OC)[C@](C)(OC)CC(c2nscc2-c2ccnnc2)=C1. The summed E-state index contributed by atoms with van der Waals surface area (Å²) < 4.78 is 21.4. The average molecular weight is 345 g/mol. The van der Waals surface area contributed by atoms with Gasteiger partial charge in [-0.25, -0.2) is 0 Å². The lowest BCUT2D eigenvalue weighted by Gasteiger charge is -2.34. The fourth-order valence-electron chi connectivity index (χ4n) is 2.89. The summed E-state index contributed by atoms with van der Waals surface area (Å²) in [6.07, 6.45) is 6.01. The molecular formula is C17H19N3O3S. The number of hydrogen-bond donors (Lipinski definition) is 0. The van der Waals surface area contributed by atoms with Crippen LogP contribution in [-0.4, -0.2) is 41.5 Å². The van der Waals surface area contributed by atoms with E-state index in [9.17, 15) is 0 Å². The van der Waals surface area contributed by atoms with Crippen LogP contribution in [0.15, 0.2) is 41.4 Å². The summed E-state index contributed by atoms with van der Waals surface area (Å²) in [7, 11) is 4.92. The van der Waals surface area contributed by atoms with Crippen LogP contribution < -0.4 is 0 Å². The second kappa shape index (κ2) is 6.70. The van der Waals surface area contributed by atoms with E-state index >= 15 is 0 Å². The summed E-state index contributed by atoms with van der Waals surface area (Å²) >= 11 is 1.41. The lowest BCUT2D eigenvalue weighted by Crippen LogP contribution is -2.34. The molecule has 0 saturated heterocycles. The van der Waals surface area contributed by atoms with E-state index in [0.29, 0.717) is 17.9 Å². The number of methoxy groups -OCH3 is 3. The molecule has 0 fully saturated rings. The van der Waals surface area contributed by atoms with Crippen LogP contribution in [0.5, 0.6) is 0 Å². The van der Waals surface area contributed by atoms with Crippen molar-refractivity contribution in [3.63, 3.8) is 0 Å². The van der Waals surface area contributed by atoms with Gasteiger partial charge in [0.1, 0.15) is 5.60 Å². The number of aromatic nitrogens is 3. The molecule has 0 spiro atoms. The number of rotatable bonds is 5. The Morgan fingerprint density at radius 2 is 2.00 bits per heavy atom. The Balaban J connectivity index is 2.10. The van der Waals surface area contributed by atoms with Crippen molar-refractivity contribution in [1.82, 2.24) is 14.6 Å². The first-order valence-corrected chi connectivity index (χ1v) is 8.27. The van der Waals surface area contributed by atoms with Gasteiger partial charge in [0.05, 0.1) is 32.3 Å². The Kier molecular flexibility index (Phi) is 4.64. The molecule has 3 rings (SSSR count). The Hall–Kier alpha value is -2.25. The van der Waals surface area contributed by atoms with Crippen LogP contribution in [-0.2, 0) is 14.2 Å². The maximum absolute atomic E-state index is 5.74. The fourth-order valence-corrected chi connectivity index (χ4v) is 3.61. The van der Waals surface area contributed by atoms with Gasteiger partial charge in [0, 0.05) is 30.0 Å². The number of allylic oxidation sites excluding steroid dienone is 1. The standard InChI is InChI=1S/C17H19N3O3S/c1-17(23-4)8-12(7-14(21-2)16(17)22-3)15-13(10-24-20-15)11-5-6-18-19-9-11/h5-7,9-10H,8H2,1-4H3/t17-/m1/s1. The predicted molar refractivity (Wildman–Crippen MR) is 92.2 cm³/mol. The topological polar surface area (TPSA) is 66.4 Å². The van der Waals surface area contributed by atoms with Crippen LogP contribution in [0.1, 0.15) is 19.0 Å². The molecule has 0 saturated carbocycles. The molecule has 0 N–H and O–H groups in total. The van der Waals surface area contributed by atoms with E-state index in [0.717, 1.165) is 22.4 Å². The molecule has 1 aliphatic carbocycles. The second-order valence-corrected chi connectivity index (χ2v) is 6.22. The summed E-state index contributed by atoms with van der Waals surface area (Å²) in [6, 6.07) is 1.92. The van der Waals surface area contributed by atoms with Crippen LogP contribution in [0.2, 0.25) is 0 Å². The van der Waals surface area contributed by atoms with Gasteiger partial charge in [-0.3, -0.25) is 0 Å². The molecule has 2 aromatic rings. The maximum atomic E-state index is 5.74. The lowest BCUT2D eigenvalue weighted by atomic mass is 9.85. The number of nitrogens with zero attached hydrogens (tertiary/aromatic N) is 3. The van der Waals surface area contributed by atoms with Crippen molar-refractivity contribution < 1.29 is 14.2 Å². The van der Waals surface area contributed by atoms with Crippen molar-refractivity contribution in [1.29, 1.82) is 0 Å². The van der Waals surface area contributed by atoms with Crippen molar-refractivity contribution in [2.75, 3.05) is 21.3 Å². The van der Waals surface area contributed by atoms with Crippen molar-refractivity contribution in [3.05, 3.63) is 47.1 Å². The van der Waals surface area contributed by atoms with Crippen molar-refractivity contribution in [2.24, 2.45) is 0 Å². The summed E-state index contributed by atoms with van der Waals surface area (Å²) in [6.45, 7) is 1.98. The Labute approximate surface area is 145 Å². The first-order valence-electron chi connectivity index (χ1n) is 7.43. The molecule has 1 atom stereocenters. The third-order valence-corrected chi connectivity index (χ3v) is 4.81. The lowest BCUT2D eigenvalue weighted by molar-refractivity contribution is -0.00976. The quantitative estimate of drug-likeness (QED) is 0.828. The largest absolute Gasteiger partial charge is 0.494 e. The van der Waals surface area contributed by atoms with E-state index in [2.05, 4.69) is 14.6 Å². The van der Waals surface area contributed by atoms with Gasteiger partial charge >= 0.3 is 0 Å². The molecule has 0 aromatic carbocycles. The monoisotopic (exact) mass is 345 g/mol. The fraction of sp³-hybridized carbons (Fsp3) is 0.353. The molecule has 1 aliphatic rings. The molecule has 0 unspecified atom stereocenters.